The molecule has 0 fully saturated rings. The van der Waals surface area contributed by atoms with Crippen molar-refractivity contribution < 1.29 is 9.53 Å². The number of H-pyrrole nitrogens is 1. The monoisotopic (exact) mass is 299 g/mol. The zero-order valence-corrected chi connectivity index (χ0v) is 12.3. The third kappa shape index (κ3) is 3.07. The summed E-state index contributed by atoms with van der Waals surface area (Å²) < 4.78 is 5.81. The van der Waals surface area contributed by atoms with Crippen molar-refractivity contribution in [3.63, 3.8) is 0 Å². The first kappa shape index (κ1) is 14.5. The maximum atomic E-state index is 12.3. The van der Waals surface area contributed by atoms with Crippen LogP contribution in [0.3, 0.4) is 0 Å². The molecule has 1 aromatic heterocycles. The van der Waals surface area contributed by atoms with Crippen LogP contribution in [0.4, 0.5) is 0 Å². The van der Waals surface area contributed by atoms with Crippen LogP contribution in [0.25, 0.3) is 0 Å². The lowest BCUT2D eigenvalue weighted by molar-refractivity contribution is 0.00969. The highest BCUT2D eigenvalue weighted by molar-refractivity contribution is 5.91. The van der Waals surface area contributed by atoms with Crippen molar-refractivity contribution in [2.24, 2.45) is 0 Å². The standard InChI is InChI=1S/C16H17N3O3/c1-19(16(21)14-6-7-15(20)18-17-14)9-13-8-11-4-2-3-5-12(11)10-22-13/h2-7,13H,8-10H2,1H3,(H,18,20)/t13-/m0/s1. The summed E-state index contributed by atoms with van der Waals surface area (Å²) in [6.07, 6.45) is 0.749. The number of fused-ring (bicyclic) bond motifs is 1. The van der Waals surface area contributed by atoms with Crippen molar-refractivity contribution in [1.82, 2.24) is 15.1 Å². The van der Waals surface area contributed by atoms with Gasteiger partial charge in [0.25, 0.3) is 11.5 Å². The summed E-state index contributed by atoms with van der Waals surface area (Å²) >= 11 is 0. The lowest BCUT2D eigenvalue weighted by atomic mass is 9.99. The molecule has 0 bridgehead atoms. The number of carbonyl (C=O) groups is 1. The molecular weight excluding hydrogens is 282 g/mol. The van der Waals surface area contributed by atoms with Crippen LogP contribution >= 0.6 is 0 Å². The lowest BCUT2D eigenvalue weighted by Crippen LogP contribution is -2.38. The summed E-state index contributed by atoms with van der Waals surface area (Å²) in [6, 6.07) is 10.9. The number of likely N-dealkylation sites (N-methyl/N-ethyl adjacent to an activating group) is 1. The van der Waals surface area contributed by atoms with Gasteiger partial charge >= 0.3 is 0 Å². The minimum absolute atomic E-state index is 0.0355. The number of aromatic nitrogens is 2. The van der Waals surface area contributed by atoms with Gasteiger partial charge in [-0.2, -0.15) is 5.10 Å². The Balaban J connectivity index is 1.65. The number of ether oxygens (including phenoxy) is 1. The number of aromatic amines is 1. The van der Waals surface area contributed by atoms with E-state index in [1.807, 2.05) is 12.1 Å². The second-order valence-electron chi connectivity index (χ2n) is 5.40. The van der Waals surface area contributed by atoms with Crippen molar-refractivity contribution in [1.29, 1.82) is 0 Å². The zero-order valence-electron chi connectivity index (χ0n) is 12.3. The van der Waals surface area contributed by atoms with Crippen LogP contribution in [0.1, 0.15) is 21.6 Å². The Hall–Kier alpha value is -2.47. The van der Waals surface area contributed by atoms with Crippen LogP contribution in [0, 0.1) is 0 Å². The number of carbonyl (C=O) groups excluding carboxylic acids is 1. The molecular formula is C16H17N3O3. The normalized spacial score (nSPS) is 16.9. The largest absolute Gasteiger partial charge is 0.371 e. The van der Waals surface area contributed by atoms with E-state index < -0.39 is 0 Å². The minimum atomic E-state index is -0.327. The Morgan fingerprint density at radius 1 is 1.32 bits per heavy atom. The molecule has 0 spiro atoms. The Morgan fingerprint density at radius 2 is 2.09 bits per heavy atom. The van der Waals surface area contributed by atoms with E-state index in [0.717, 1.165) is 6.42 Å². The highest BCUT2D eigenvalue weighted by Crippen LogP contribution is 2.20. The summed E-state index contributed by atoms with van der Waals surface area (Å²) in [5.74, 6) is -0.237. The van der Waals surface area contributed by atoms with Gasteiger partial charge in [-0.25, -0.2) is 5.10 Å². The fourth-order valence-electron chi connectivity index (χ4n) is 2.57. The molecule has 1 aliphatic heterocycles. The molecule has 6 heteroatoms. The van der Waals surface area contributed by atoms with Crippen LogP contribution in [0.15, 0.2) is 41.2 Å². The van der Waals surface area contributed by atoms with Crippen LogP contribution in [0.5, 0.6) is 0 Å². The second kappa shape index (κ2) is 6.11. The predicted octanol–water partition coefficient (Wildman–Crippen LogP) is 0.983. The topological polar surface area (TPSA) is 75.3 Å². The van der Waals surface area contributed by atoms with Gasteiger partial charge < -0.3 is 9.64 Å². The smallest absolute Gasteiger partial charge is 0.274 e. The highest BCUT2D eigenvalue weighted by atomic mass is 16.5. The molecule has 114 valence electrons. The molecule has 1 aliphatic rings. The molecule has 0 saturated heterocycles. The molecule has 22 heavy (non-hydrogen) atoms. The van der Waals surface area contributed by atoms with E-state index in [0.29, 0.717) is 13.2 Å². The van der Waals surface area contributed by atoms with Gasteiger partial charge in [-0.3, -0.25) is 9.59 Å². The van der Waals surface area contributed by atoms with Gasteiger partial charge in [0.1, 0.15) is 5.69 Å². The molecule has 2 aromatic rings. The Bertz CT molecular complexity index is 721. The fraction of sp³-hybridized carbons (Fsp3) is 0.312. The first-order chi connectivity index (χ1) is 10.6. The van der Waals surface area contributed by atoms with Crippen molar-refractivity contribution in [2.75, 3.05) is 13.6 Å². The number of rotatable bonds is 3. The molecule has 0 unspecified atom stereocenters. The molecule has 1 amide bonds. The molecule has 6 nitrogen and oxygen atoms in total. The predicted molar refractivity (Wildman–Crippen MR) is 80.5 cm³/mol. The van der Waals surface area contributed by atoms with E-state index in [1.165, 1.54) is 23.3 Å². The summed E-state index contributed by atoms with van der Waals surface area (Å²) in [4.78, 5) is 24.8. The molecule has 1 atom stereocenters. The van der Waals surface area contributed by atoms with E-state index in [1.54, 1.807) is 11.9 Å². The van der Waals surface area contributed by atoms with Crippen LogP contribution in [-0.2, 0) is 17.8 Å². The van der Waals surface area contributed by atoms with Gasteiger partial charge in [-0.05, 0) is 17.2 Å². The number of nitrogens with zero attached hydrogens (tertiary/aromatic N) is 2. The van der Waals surface area contributed by atoms with E-state index in [2.05, 4.69) is 22.3 Å². The van der Waals surface area contributed by atoms with Gasteiger partial charge in [-0.1, -0.05) is 24.3 Å². The molecule has 1 aromatic carbocycles. The Kier molecular flexibility index (Phi) is 4.02. The van der Waals surface area contributed by atoms with E-state index in [4.69, 9.17) is 4.74 Å². The Labute approximate surface area is 127 Å². The minimum Gasteiger partial charge on any atom is -0.371 e. The number of amides is 1. The molecule has 2 heterocycles. The first-order valence-corrected chi connectivity index (χ1v) is 7.13. The SMILES string of the molecule is CN(C[C@@H]1Cc2ccccc2CO1)C(=O)c1ccc(=O)[nH]n1. The van der Waals surface area contributed by atoms with Gasteiger partial charge in [-0.15, -0.1) is 0 Å². The van der Waals surface area contributed by atoms with Crippen molar-refractivity contribution in [3.05, 3.63) is 63.6 Å². The maximum absolute atomic E-state index is 12.3. The van der Waals surface area contributed by atoms with Gasteiger partial charge in [0.2, 0.25) is 0 Å². The highest BCUT2D eigenvalue weighted by Gasteiger charge is 2.23. The van der Waals surface area contributed by atoms with Gasteiger partial charge in [0.05, 0.1) is 12.7 Å². The maximum Gasteiger partial charge on any atom is 0.274 e. The molecule has 0 saturated carbocycles. The number of benzene rings is 1. The van der Waals surface area contributed by atoms with Crippen molar-refractivity contribution in [2.45, 2.75) is 19.1 Å². The number of hydrogen-bond acceptors (Lipinski definition) is 4. The zero-order chi connectivity index (χ0) is 15.5. The molecule has 0 aliphatic carbocycles. The van der Waals surface area contributed by atoms with Crippen LogP contribution in [-0.4, -0.2) is 40.7 Å². The average molecular weight is 299 g/mol. The van der Waals surface area contributed by atoms with E-state index in [-0.39, 0.29) is 23.3 Å². The van der Waals surface area contributed by atoms with Crippen LogP contribution < -0.4 is 5.56 Å². The van der Waals surface area contributed by atoms with E-state index >= 15 is 0 Å². The van der Waals surface area contributed by atoms with Crippen molar-refractivity contribution >= 4 is 5.91 Å². The lowest BCUT2D eigenvalue weighted by Gasteiger charge is -2.28. The number of nitrogens with one attached hydrogen (secondary N) is 1. The molecule has 0 radical (unpaired) electrons. The Morgan fingerprint density at radius 3 is 2.82 bits per heavy atom. The fourth-order valence-corrected chi connectivity index (χ4v) is 2.57. The number of hydrogen-bond donors (Lipinski definition) is 1. The molecule has 1 N–H and O–H groups in total. The van der Waals surface area contributed by atoms with Gasteiger partial charge in [0.15, 0.2) is 0 Å². The summed E-state index contributed by atoms with van der Waals surface area (Å²) in [7, 11) is 1.71. The summed E-state index contributed by atoms with van der Waals surface area (Å²) in [5.41, 5.74) is 2.36. The summed E-state index contributed by atoms with van der Waals surface area (Å²) in [5, 5.41) is 6.03. The van der Waals surface area contributed by atoms with E-state index in [9.17, 15) is 9.59 Å². The summed E-state index contributed by atoms with van der Waals surface area (Å²) in [6.45, 7) is 1.05. The average Bonchev–Trinajstić information content (AvgIpc) is 2.55. The third-order valence-electron chi connectivity index (χ3n) is 3.76. The van der Waals surface area contributed by atoms with Gasteiger partial charge in [0, 0.05) is 26.1 Å². The quantitative estimate of drug-likeness (QED) is 0.917. The molecule has 3 rings (SSSR count). The first-order valence-electron chi connectivity index (χ1n) is 7.13. The van der Waals surface area contributed by atoms with Crippen molar-refractivity contribution in [3.8, 4) is 0 Å². The third-order valence-corrected chi connectivity index (χ3v) is 3.76. The second-order valence-corrected chi connectivity index (χ2v) is 5.40. The van der Waals surface area contributed by atoms with Crippen LogP contribution in [0.2, 0.25) is 0 Å².